The van der Waals surface area contributed by atoms with Crippen LogP contribution in [0.4, 0.5) is 0 Å². The van der Waals surface area contributed by atoms with Gasteiger partial charge in [-0.05, 0) is 38.0 Å². The number of hydrogen-bond acceptors (Lipinski definition) is 5. The first kappa shape index (κ1) is 17.9. The molecule has 2 heterocycles. The number of aromatic hydroxyl groups is 1. The molecule has 26 heavy (non-hydrogen) atoms. The summed E-state index contributed by atoms with van der Waals surface area (Å²) in [6.45, 7) is 6.61. The van der Waals surface area contributed by atoms with Crippen molar-refractivity contribution < 1.29 is 14.6 Å². The molecule has 1 aliphatic rings. The van der Waals surface area contributed by atoms with Crippen molar-refractivity contribution in [2.45, 2.75) is 26.8 Å². The maximum atomic E-state index is 11.2. The lowest BCUT2D eigenvalue weighted by Crippen LogP contribution is -2.32. The van der Waals surface area contributed by atoms with E-state index in [4.69, 9.17) is 4.74 Å². The quantitative estimate of drug-likeness (QED) is 0.805. The molecule has 2 atom stereocenters. The van der Waals surface area contributed by atoms with Gasteiger partial charge in [0.15, 0.2) is 6.29 Å². The summed E-state index contributed by atoms with van der Waals surface area (Å²) in [5, 5.41) is 14.2. The smallest absolute Gasteiger partial charge is 0.157 e. The Morgan fingerprint density at radius 2 is 2.15 bits per heavy atom. The number of allylic oxidation sites excluding steroid dienone is 1. The van der Waals surface area contributed by atoms with Gasteiger partial charge in [0.2, 0.25) is 0 Å². The summed E-state index contributed by atoms with van der Waals surface area (Å²) in [4.78, 5) is 15.8. The van der Waals surface area contributed by atoms with Crippen molar-refractivity contribution in [2.75, 3.05) is 6.61 Å². The minimum Gasteiger partial charge on any atom is -0.507 e. The molecular weight excluding hydrogens is 330 g/mol. The van der Waals surface area contributed by atoms with Crippen LogP contribution in [0.1, 0.15) is 42.9 Å². The number of benzene rings is 1. The van der Waals surface area contributed by atoms with Gasteiger partial charge in [0, 0.05) is 24.4 Å². The van der Waals surface area contributed by atoms with Crippen molar-refractivity contribution >= 4 is 12.0 Å². The summed E-state index contributed by atoms with van der Waals surface area (Å²) in [7, 11) is 0. The second-order valence-corrected chi connectivity index (χ2v) is 6.69. The summed E-state index contributed by atoms with van der Waals surface area (Å²) >= 11 is 0. The number of ether oxygens (including phenoxy) is 1. The van der Waals surface area contributed by atoms with E-state index in [0.29, 0.717) is 18.6 Å². The first-order valence-electron chi connectivity index (χ1n) is 8.71. The summed E-state index contributed by atoms with van der Waals surface area (Å²) in [6, 6.07) is 6.99. The van der Waals surface area contributed by atoms with Gasteiger partial charge in [-0.2, -0.15) is 5.10 Å². The van der Waals surface area contributed by atoms with Gasteiger partial charge in [-0.1, -0.05) is 19.1 Å². The number of aldehydes is 1. The number of aliphatic imine (C=N–C) groups is 1. The number of aromatic nitrogens is 2. The average Bonchev–Trinajstić information content (AvgIpc) is 3.10. The molecular formula is C20H23N3O3. The molecule has 1 aliphatic heterocycles. The van der Waals surface area contributed by atoms with E-state index in [1.54, 1.807) is 18.3 Å². The van der Waals surface area contributed by atoms with Crippen molar-refractivity contribution in [3.05, 3.63) is 54.0 Å². The molecule has 2 unspecified atom stereocenters. The van der Waals surface area contributed by atoms with Crippen LogP contribution in [0.25, 0.3) is 0 Å². The molecule has 2 aromatic rings. The predicted molar refractivity (Wildman–Crippen MR) is 99.9 cm³/mol. The third-order valence-corrected chi connectivity index (χ3v) is 4.59. The lowest BCUT2D eigenvalue weighted by molar-refractivity contribution is 0.111. The second-order valence-electron chi connectivity index (χ2n) is 6.69. The molecule has 6 nitrogen and oxygen atoms in total. The van der Waals surface area contributed by atoms with Gasteiger partial charge >= 0.3 is 0 Å². The zero-order valence-electron chi connectivity index (χ0n) is 15.2. The Morgan fingerprint density at radius 3 is 2.88 bits per heavy atom. The number of phenolic OH excluding ortho intramolecular Hbond substituents is 1. The highest BCUT2D eigenvalue weighted by molar-refractivity contribution is 6.02. The van der Waals surface area contributed by atoms with E-state index in [-0.39, 0.29) is 29.2 Å². The van der Waals surface area contributed by atoms with Crippen molar-refractivity contribution in [1.82, 2.24) is 9.78 Å². The summed E-state index contributed by atoms with van der Waals surface area (Å²) in [6.07, 6.45) is 6.24. The van der Waals surface area contributed by atoms with Gasteiger partial charge in [0.1, 0.15) is 11.5 Å². The van der Waals surface area contributed by atoms with E-state index >= 15 is 0 Å². The van der Waals surface area contributed by atoms with E-state index in [0.717, 1.165) is 11.4 Å². The van der Waals surface area contributed by atoms with Crippen LogP contribution in [-0.4, -0.2) is 33.5 Å². The summed E-state index contributed by atoms with van der Waals surface area (Å²) < 4.78 is 7.86. The van der Waals surface area contributed by atoms with Crippen LogP contribution in [0.5, 0.6) is 11.5 Å². The molecule has 0 saturated carbocycles. The van der Waals surface area contributed by atoms with E-state index in [1.807, 2.05) is 23.0 Å². The maximum Gasteiger partial charge on any atom is 0.157 e. The fourth-order valence-corrected chi connectivity index (χ4v) is 3.11. The van der Waals surface area contributed by atoms with Gasteiger partial charge in [-0.3, -0.25) is 14.5 Å². The molecule has 1 aromatic heterocycles. The highest BCUT2D eigenvalue weighted by atomic mass is 16.5. The van der Waals surface area contributed by atoms with E-state index in [1.165, 1.54) is 6.07 Å². The molecule has 136 valence electrons. The van der Waals surface area contributed by atoms with Gasteiger partial charge < -0.3 is 9.84 Å². The van der Waals surface area contributed by atoms with E-state index in [2.05, 4.69) is 30.9 Å². The fraction of sp³-hybridized carbons (Fsp3) is 0.350. The maximum absolute atomic E-state index is 11.2. The van der Waals surface area contributed by atoms with Gasteiger partial charge in [0.25, 0.3) is 0 Å². The number of carbonyl (C=O) groups is 1. The number of rotatable bonds is 6. The zero-order valence-corrected chi connectivity index (χ0v) is 15.2. The van der Waals surface area contributed by atoms with Crippen LogP contribution in [0, 0.1) is 11.8 Å². The SMILES string of the molecule is CC1C=CN=C(c2ccnn2C(C)C)C1COc1cccc(O)c1C=O. The minimum absolute atomic E-state index is 0.0102. The van der Waals surface area contributed by atoms with Gasteiger partial charge in [-0.15, -0.1) is 0 Å². The molecule has 1 N–H and O–H groups in total. The van der Waals surface area contributed by atoms with E-state index in [9.17, 15) is 9.90 Å². The van der Waals surface area contributed by atoms with Crippen molar-refractivity contribution in [3.8, 4) is 11.5 Å². The second kappa shape index (κ2) is 7.56. The number of carbonyl (C=O) groups excluding carboxylic acids is 1. The largest absolute Gasteiger partial charge is 0.507 e. The topological polar surface area (TPSA) is 76.7 Å². The summed E-state index contributed by atoms with van der Waals surface area (Å²) in [5.41, 5.74) is 2.05. The van der Waals surface area contributed by atoms with Crippen LogP contribution >= 0.6 is 0 Å². The average molecular weight is 353 g/mol. The molecule has 0 amide bonds. The Bertz CT molecular complexity index is 852. The minimum atomic E-state index is -0.0825. The normalized spacial score (nSPS) is 19.5. The Morgan fingerprint density at radius 1 is 1.35 bits per heavy atom. The van der Waals surface area contributed by atoms with Crippen molar-refractivity contribution in [1.29, 1.82) is 0 Å². The Labute approximate surface area is 152 Å². The van der Waals surface area contributed by atoms with Crippen molar-refractivity contribution in [3.63, 3.8) is 0 Å². The Hall–Kier alpha value is -2.89. The fourth-order valence-electron chi connectivity index (χ4n) is 3.11. The molecule has 0 radical (unpaired) electrons. The number of phenols is 1. The number of hydrogen-bond donors (Lipinski definition) is 1. The lowest BCUT2D eigenvalue weighted by atomic mass is 9.86. The standard InChI is InChI=1S/C20H23N3O3/c1-13(2)23-17(8-10-22-23)20-16(14(3)7-9-21-20)12-26-19-6-4-5-18(25)15(19)11-24/h4-11,13-14,16,25H,12H2,1-3H3. The van der Waals surface area contributed by atoms with Crippen LogP contribution in [0.3, 0.4) is 0 Å². The Kier molecular flexibility index (Phi) is 5.21. The van der Waals surface area contributed by atoms with E-state index < -0.39 is 0 Å². The molecule has 0 aliphatic carbocycles. The molecule has 6 heteroatoms. The third-order valence-electron chi connectivity index (χ3n) is 4.59. The molecule has 0 spiro atoms. The third kappa shape index (κ3) is 3.40. The Balaban J connectivity index is 1.87. The highest BCUT2D eigenvalue weighted by Gasteiger charge is 2.28. The van der Waals surface area contributed by atoms with Crippen LogP contribution in [-0.2, 0) is 0 Å². The van der Waals surface area contributed by atoms with Crippen LogP contribution < -0.4 is 4.74 Å². The van der Waals surface area contributed by atoms with Crippen LogP contribution in [0.15, 0.2) is 47.7 Å². The molecule has 0 bridgehead atoms. The molecule has 0 saturated heterocycles. The lowest BCUT2D eigenvalue weighted by Gasteiger charge is -2.27. The monoisotopic (exact) mass is 353 g/mol. The van der Waals surface area contributed by atoms with Gasteiger partial charge in [-0.25, -0.2) is 0 Å². The molecule has 0 fully saturated rings. The molecule has 1 aromatic carbocycles. The van der Waals surface area contributed by atoms with Crippen molar-refractivity contribution in [2.24, 2.45) is 16.8 Å². The zero-order chi connectivity index (χ0) is 18.7. The predicted octanol–water partition coefficient (Wildman–Crippen LogP) is 3.63. The highest BCUT2D eigenvalue weighted by Crippen LogP contribution is 2.29. The summed E-state index contributed by atoms with van der Waals surface area (Å²) in [5.74, 6) is 0.519. The van der Waals surface area contributed by atoms with Gasteiger partial charge in [0.05, 0.1) is 23.6 Å². The first-order chi connectivity index (χ1) is 12.5. The molecule has 3 rings (SSSR count). The number of nitrogens with zero attached hydrogens (tertiary/aromatic N) is 3. The first-order valence-corrected chi connectivity index (χ1v) is 8.71. The van der Waals surface area contributed by atoms with Crippen LogP contribution in [0.2, 0.25) is 0 Å².